The van der Waals surface area contributed by atoms with Crippen molar-refractivity contribution in [1.29, 1.82) is 0 Å². The molecule has 8 nitrogen and oxygen atoms in total. The number of nitroso groups, excluding NO2 is 2. The quantitative estimate of drug-likeness (QED) is 0.487. The normalized spacial score (nSPS) is 17.9. The summed E-state index contributed by atoms with van der Waals surface area (Å²) in [5.41, 5.74) is 0. The second kappa shape index (κ2) is 5.45. The van der Waals surface area contributed by atoms with Crippen LogP contribution in [-0.4, -0.2) is 48.1 Å². The van der Waals surface area contributed by atoms with Gasteiger partial charge in [-0.15, -0.1) is 9.81 Å². The summed E-state index contributed by atoms with van der Waals surface area (Å²) in [6.07, 6.45) is 0. The fraction of sp³-hybridized carbons (Fsp3) is 1.00. The fourth-order valence-corrected chi connectivity index (χ4v) is 1.23. The Hall–Kier alpha value is -1.28. The van der Waals surface area contributed by atoms with Gasteiger partial charge in [0.1, 0.15) is 0 Å². The van der Waals surface area contributed by atoms with E-state index in [9.17, 15) is 9.81 Å². The minimum absolute atomic E-state index is 0.402. The summed E-state index contributed by atoms with van der Waals surface area (Å²) < 4.78 is 0. The summed E-state index contributed by atoms with van der Waals surface area (Å²) in [6.45, 7) is 4.28. The molecule has 0 atom stereocenters. The van der Waals surface area contributed by atoms with Crippen molar-refractivity contribution >= 4 is 0 Å². The predicted octanol–water partition coefficient (Wildman–Crippen LogP) is -0.292. The van der Waals surface area contributed by atoms with Crippen LogP contribution in [0.2, 0.25) is 0 Å². The van der Waals surface area contributed by atoms with Gasteiger partial charge in [0.05, 0.1) is 37.2 Å². The van der Waals surface area contributed by atoms with Gasteiger partial charge in [0.15, 0.2) is 0 Å². The van der Waals surface area contributed by atoms with E-state index >= 15 is 0 Å². The summed E-state index contributed by atoms with van der Waals surface area (Å²) in [4.78, 5) is 22.4. The molecule has 1 aliphatic rings. The molecule has 0 aromatic carbocycles. The lowest BCUT2D eigenvalue weighted by Gasteiger charge is -2.33. The summed E-state index contributed by atoms with van der Waals surface area (Å²) in [5, 5.41) is 11.3. The van der Waals surface area contributed by atoms with Crippen LogP contribution in [0.4, 0.5) is 0 Å². The number of nitrogens with zero attached hydrogens (tertiary/aromatic N) is 5. The van der Waals surface area contributed by atoms with Crippen LogP contribution in [0.5, 0.6) is 0 Å². The van der Waals surface area contributed by atoms with Gasteiger partial charge in [-0.25, -0.2) is 10.0 Å². The number of nitrogens with one attached hydrogen (secondary N) is 1. The topological polar surface area (TPSA) is 80.6 Å². The Kier molecular flexibility index (Phi) is 4.20. The Labute approximate surface area is 81.7 Å². The zero-order valence-electron chi connectivity index (χ0n) is 8.09. The van der Waals surface area contributed by atoms with Gasteiger partial charge in [-0.05, 0) is 6.92 Å². The van der Waals surface area contributed by atoms with Crippen molar-refractivity contribution in [3.63, 3.8) is 0 Å². The predicted molar refractivity (Wildman–Crippen MR) is 50.3 cm³/mol. The lowest BCUT2D eigenvalue weighted by molar-refractivity contribution is 0.0242. The molecule has 1 saturated heterocycles. The van der Waals surface area contributed by atoms with Crippen molar-refractivity contribution in [2.45, 2.75) is 6.92 Å². The molecule has 0 aromatic rings. The van der Waals surface area contributed by atoms with Gasteiger partial charge >= 0.3 is 0 Å². The highest BCUT2D eigenvalue weighted by molar-refractivity contribution is 4.61. The molecule has 0 spiro atoms. The third kappa shape index (κ3) is 2.89. The van der Waals surface area contributed by atoms with E-state index in [2.05, 4.69) is 15.9 Å². The summed E-state index contributed by atoms with van der Waals surface area (Å²) in [6, 6.07) is 0. The average molecular weight is 202 g/mol. The highest BCUT2D eigenvalue weighted by atomic mass is 16.3. The second-order valence-electron chi connectivity index (χ2n) is 3.01. The van der Waals surface area contributed by atoms with Crippen molar-refractivity contribution in [3.8, 4) is 0 Å². The lowest BCUT2D eigenvalue weighted by atomic mass is 10.6. The Morgan fingerprint density at radius 3 is 2.79 bits per heavy atom. The molecule has 1 aliphatic heterocycles. The minimum atomic E-state index is 0.402. The van der Waals surface area contributed by atoms with E-state index in [0.29, 0.717) is 33.2 Å². The number of hydrogen-bond acceptors (Lipinski definition) is 6. The smallest absolute Gasteiger partial charge is 0.0951 e. The molecule has 1 fully saturated rings. The van der Waals surface area contributed by atoms with Gasteiger partial charge in [0.25, 0.3) is 0 Å². The van der Waals surface area contributed by atoms with Crippen LogP contribution >= 0.6 is 0 Å². The zero-order chi connectivity index (χ0) is 10.4. The molecule has 1 rings (SSSR count). The van der Waals surface area contributed by atoms with Gasteiger partial charge < -0.3 is 0 Å². The van der Waals surface area contributed by atoms with Gasteiger partial charge in [-0.2, -0.15) is 0 Å². The summed E-state index contributed by atoms with van der Waals surface area (Å²) >= 11 is 0. The molecule has 0 amide bonds. The van der Waals surface area contributed by atoms with Crippen LogP contribution in [0.15, 0.2) is 10.6 Å². The SMILES string of the molecule is CCN(CN1CNCN(N=O)C1)N=O. The van der Waals surface area contributed by atoms with Crippen molar-refractivity contribution in [2.24, 2.45) is 10.6 Å². The first-order valence-corrected chi connectivity index (χ1v) is 4.39. The molecule has 1 heterocycles. The molecule has 0 saturated carbocycles. The fourth-order valence-electron chi connectivity index (χ4n) is 1.23. The molecular formula is C6H14N6O2. The van der Waals surface area contributed by atoms with Crippen LogP contribution in [-0.2, 0) is 0 Å². The van der Waals surface area contributed by atoms with Crippen LogP contribution < -0.4 is 5.32 Å². The zero-order valence-corrected chi connectivity index (χ0v) is 8.09. The first kappa shape index (κ1) is 10.8. The lowest BCUT2D eigenvalue weighted by Crippen LogP contribution is -2.53. The highest BCUT2D eigenvalue weighted by Crippen LogP contribution is 2.00. The van der Waals surface area contributed by atoms with E-state index in [1.165, 1.54) is 10.0 Å². The molecule has 0 aliphatic carbocycles. The van der Waals surface area contributed by atoms with Crippen molar-refractivity contribution < 1.29 is 0 Å². The van der Waals surface area contributed by atoms with Crippen molar-refractivity contribution in [1.82, 2.24) is 20.2 Å². The Morgan fingerprint density at radius 1 is 1.43 bits per heavy atom. The van der Waals surface area contributed by atoms with E-state index in [4.69, 9.17) is 0 Å². The van der Waals surface area contributed by atoms with Crippen molar-refractivity contribution in [3.05, 3.63) is 9.81 Å². The molecule has 0 aromatic heterocycles. The number of hydrogen-bond donors (Lipinski definition) is 1. The Morgan fingerprint density at radius 2 is 2.21 bits per heavy atom. The Bertz CT molecular complexity index is 201. The minimum Gasteiger partial charge on any atom is -0.285 e. The standard InChI is InChI=1S/C6H14N6O2/c1-2-11(8-13)5-10-3-7-4-12(6-10)9-14/h7H,2-6H2,1H3. The van der Waals surface area contributed by atoms with Crippen LogP contribution in [0.3, 0.4) is 0 Å². The summed E-state index contributed by atoms with van der Waals surface area (Å²) in [5.74, 6) is 0. The second-order valence-corrected chi connectivity index (χ2v) is 3.01. The van der Waals surface area contributed by atoms with E-state index in [1.54, 1.807) is 0 Å². The monoisotopic (exact) mass is 202 g/mol. The molecule has 80 valence electrons. The first-order chi connectivity index (χ1) is 6.80. The molecule has 14 heavy (non-hydrogen) atoms. The maximum Gasteiger partial charge on any atom is 0.0951 e. The molecule has 8 heteroatoms. The van der Waals surface area contributed by atoms with E-state index in [1.807, 2.05) is 11.8 Å². The molecule has 0 unspecified atom stereocenters. The third-order valence-electron chi connectivity index (χ3n) is 1.95. The highest BCUT2D eigenvalue weighted by Gasteiger charge is 2.17. The molecular weight excluding hydrogens is 188 g/mol. The van der Waals surface area contributed by atoms with Crippen LogP contribution in [0.1, 0.15) is 6.92 Å². The first-order valence-electron chi connectivity index (χ1n) is 4.39. The van der Waals surface area contributed by atoms with Crippen molar-refractivity contribution in [2.75, 3.05) is 33.2 Å². The number of rotatable bonds is 5. The van der Waals surface area contributed by atoms with Gasteiger partial charge in [0, 0.05) is 6.54 Å². The van der Waals surface area contributed by atoms with E-state index < -0.39 is 0 Å². The Balaban J connectivity index is 2.36. The largest absolute Gasteiger partial charge is 0.285 e. The maximum atomic E-state index is 10.3. The van der Waals surface area contributed by atoms with E-state index in [0.717, 1.165) is 0 Å². The van der Waals surface area contributed by atoms with Gasteiger partial charge in [0.2, 0.25) is 0 Å². The van der Waals surface area contributed by atoms with Gasteiger partial charge in [-0.3, -0.25) is 10.2 Å². The van der Waals surface area contributed by atoms with Crippen LogP contribution in [0, 0.1) is 9.81 Å². The maximum absolute atomic E-state index is 10.3. The molecule has 1 N–H and O–H groups in total. The van der Waals surface area contributed by atoms with Gasteiger partial charge in [-0.1, -0.05) is 0 Å². The van der Waals surface area contributed by atoms with Crippen LogP contribution in [0.25, 0.3) is 0 Å². The van der Waals surface area contributed by atoms with E-state index in [-0.39, 0.29) is 0 Å². The molecule has 0 bridgehead atoms. The third-order valence-corrected chi connectivity index (χ3v) is 1.95. The summed E-state index contributed by atoms with van der Waals surface area (Å²) in [7, 11) is 0. The average Bonchev–Trinajstić information content (AvgIpc) is 2.26. The molecule has 0 radical (unpaired) electrons.